The van der Waals surface area contributed by atoms with Gasteiger partial charge in [0.05, 0.1) is 23.4 Å². The van der Waals surface area contributed by atoms with Gasteiger partial charge in [0.2, 0.25) is 0 Å². The van der Waals surface area contributed by atoms with Crippen LogP contribution in [0.25, 0.3) is 0 Å². The van der Waals surface area contributed by atoms with E-state index in [-0.39, 0.29) is 12.6 Å². The van der Waals surface area contributed by atoms with Gasteiger partial charge in [-0.3, -0.25) is 0 Å². The Balaban J connectivity index is 2.28. The first-order chi connectivity index (χ1) is 9.11. The molecule has 0 radical (unpaired) electrons. The molecule has 0 saturated carbocycles. The fourth-order valence-electron chi connectivity index (χ4n) is 2.02. The zero-order valence-corrected chi connectivity index (χ0v) is 12.0. The average molecular weight is 296 g/mol. The zero-order valence-electron chi connectivity index (χ0n) is 10.5. The fourth-order valence-corrected chi connectivity index (χ4v) is 2.43. The molecule has 0 aliphatic heterocycles. The Morgan fingerprint density at radius 3 is 2.53 bits per heavy atom. The first-order valence-electron chi connectivity index (χ1n) is 6.00. The van der Waals surface area contributed by atoms with Crippen molar-refractivity contribution in [1.29, 1.82) is 0 Å². The molecule has 2 N–H and O–H groups in total. The quantitative estimate of drug-likeness (QED) is 0.873. The van der Waals surface area contributed by atoms with E-state index in [1.54, 1.807) is 0 Å². The maximum atomic E-state index is 9.59. The number of rotatable bonds is 4. The van der Waals surface area contributed by atoms with Crippen LogP contribution in [0.3, 0.4) is 0 Å². The normalized spacial score (nSPS) is 12.2. The van der Waals surface area contributed by atoms with E-state index in [4.69, 9.17) is 23.2 Å². The minimum Gasteiger partial charge on any atom is -0.394 e. The lowest BCUT2D eigenvalue weighted by molar-refractivity contribution is 0.276. The maximum absolute atomic E-state index is 9.59. The Bertz CT molecular complexity index is 572. The summed E-state index contributed by atoms with van der Waals surface area (Å²) in [7, 11) is 0. The van der Waals surface area contributed by atoms with E-state index in [9.17, 15) is 5.11 Å². The predicted molar refractivity (Wildman–Crippen MR) is 81.1 cm³/mol. The lowest BCUT2D eigenvalue weighted by atomic mass is 10.0. The number of aliphatic hydroxyl groups excluding tert-OH is 1. The fraction of sp³-hybridized carbons (Fsp3) is 0.200. The molecule has 0 aliphatic rings. The van der Waals surface area contributed by atoms with E-state index >= 15 is 0 Å². The lowest BCUT2D eigenvalue weighted by Gasteiger charge is -2.21. The summed E-state index contributed by atoms with van der Waals surface area (Å²) in [6.07, 6.45) is 0. The SMILES string of the molecule is Cc1cc(Cl)ccc1C(CO)Nc1ccccc1Cl. The molecule has 0 aliphatic carbocycles. The molecule has 2 aromatic carbocycles. The van der Waals surface area contributed by atoms with Gasteiger partial charge in [-0.2, -0.15) is 0 Å². The molecule has 1 unspecified atom stereocenters. The summed E-state index contributed by atoms with van der Waals surface area (Å²) < 4.78 is 0. The van der Waals surface area contributed by atoms with Crippen molar-refractivity contribution in [2.24, 2.45) is 0 Å². The lowest BCUT2D eigenvalue weighted by Crippen LogP contribution is -2.16. The van der Waals surface area contributed by atoms with Crippen molar-refractivity contribution in [1.82, 2.24) is 0 Å². The topological polar surface area (TPSA) is 32.3 Å². The molecule has 2 rings (SSSR count). The van der Waals surface area contributed by atoms with Crippen molar-refractivity contribution in [3.8, 4) is 0 Å². The van der Waals surface area contributed by atoms with Crippen LogP contribution in [0.4, 0.5) is 5.69 Å². The number of hydrogen-bond acceptors (Lipinski definition) is 2. The Labute approximate surface area is 123 Å². The highest BCUT2D eigenvalue weighted by Crippen LogP contribution is 2.28. The number of para-hydroxylation sites is 1. The summed E-state index contributed by atoms with van der Waals surface area (Å²) >= 11 is 12.1. The highest BCUT2D eigenvalue weighted by atomic mass is 35.5. The molecule has 0 amide bonds. The number of benzene rings is 2. The van der Waals surface area contributed by atoms with Crippen molar-refractivity contribution in [2.75, 3.05) is 11.9 Å². The van der Waals surface area contributed by atoms with E-state index in [2.05, 4.69) is 5.32 Å². The van der Waals surface area contributed by atoms with Crippen molar-refractivity contribution in [2.45, 2.75) is 13.0 Å². The second-order valence-electron chi connectivity index (χ2n) is 4.36. The zero-order chi connectivity index (χ0) is 13.8. The molecule has 2 aromatic rings. The van der Waals surface area contributed by atoms with Crippen LogP contribution in [0.1, 0.15) is 17.2 Å². The summed E-state index contributed by atoms with van der Waals surface area (Å²) in [5.74, 6) is 0. The van der Waals surface area contributed by atoms with Crippen LogP contribution in [-0.2, 0) is 0 Å². The van der Waals surface area contributed by atoms with Crippen molar-refractivity contribution in [3.05, 3.63) is 63.6 Å². The van der Waals surface area contributed by atoms with E-state index < -0.39 is 0 Å². The van der Waals surface area contributed by atoms with Gasteiger partial charge < -0.3 is 10.4 Å². The molecule has 4 heteroatoms. The number of nitrogens with one attached hydrogen (secondary N) is 1. The van der Waals surface area contributed by atoms with E-state index in [0.717, 1.165) is 16.8 Å². The van der Waals surface area contributed by atoms with Gasteiger partial charge in [0.25, 0.3) is 0 Å². The largest absolute Gasteiger partial charge is 0.394 e. The Hall–Kier alpha value is -1.22. The second kappa shape index (κ2) is 6.29. The Morgan fingerprint density at radius 2 is 1.89 bits per heavy atom. The van der Waals surface area contributed by atoms with Crippen LogP contribution in [0, 0.1) is 6.92 Å². The summed E-state index contributed by atoms with van der Waals surface area (Å²) in [5.41, 5.74) is 2.84. The first-order valence-corrected chi connectivity index (χ1v) is 6.75. The molecular formula is C15H15Cl2NO. The van der Waals surface area contributed by atoms with Gasteiger partial charge in [0, 0.05) is 5.02 Å². The van der Waals surface area contributed by atoms with Gasteiger partial charge in [-0.25, -0.2) is 0 Å². The monoisotopic (exact) mass is 295 g/mol. The van der Waals surface area contributed by atoms with Gasteiger partial charge in [0.15, 0.2) is 0 Å². The van der Waals surface area contributed by atoms with Crippen LogP contribution in [0.15, 0.2) is 42.5 Å². The molecule has 0 fully saturated rings. The van der Waals surface area contributed by atoms with E-state index in [1.807, 2.05) is 49.4 Å². The summed E-state index contributed by atoms with van der Waals surface area (Å²) in [6.45, 7) is 1.95. The Morgan fingerprint density at radius 1 is 1.16 bits per heavy atom. The maximum Gasteiger partial charge on any atom is 0.0748 e. The average Bonchev–Trinajstić information content (AvgIpc) is 2.39. The second-order valence-corrected chi connectivity index (χ2v) is 5.20. The number of anilines is 1. The summed E-state index contributed by atoms with van der Waals surface area (Å²) in [4.78, 5) is 0. The molecule has 0 bridgehead atoms. The van der Waals surface area contributed by atoms with Crippen LogP contribution in [-0.4, -0.2) is 11.7 Å². The first kappa shape index (κ1) is 14.2. The smallest absolute Gasteiger partial charge is 0.0748 e. The standard InChI is InChI=1S/C15H15Cl2NO/c1-10-8-11(16)6-7-12(10)15(9-19)18-14-5-3-2-4-13(14)17/h2-8,15,18-19H,9H2,1H3. The molecular weight excluding hydrogens is 281 g/mol. The third-order valence-corrected chi connectivity index (χ3v) is 3.56. The molecule has 100 valence electrons. The predicted octanol–water partition coefficient (Wildman–Crippen LogP) is 4.45. The molecule has 0 heterocycles. The van der Waals surface area contributed by atoms with Crippen molar-refractivity contribution >= 4 is 28.9 Å². The van der Waals surface area contributed by atoms with Gasteiger partial charge in [0.1, 0.15) is 0 Å². The molecule has 0 aromatic heterocycles. The van der Waals surface area contributed by atoms with Crippen molar-refractivity contribution < 1.29 is 5.11 Å². The van der Waals surface area contributed by atoms with Crippen LogP contribution < -0.4 is 5.32 Å². The number of aliphatic hydroxyl groups is 1. The molecule has 0 spiro atoms. The van der Waals surface area contributed by atoms with Crippen LogP contribution >= 0.6 is 23.2 Å². The van der Waals surface area contributed by atoms with Gasteiger partial charge >= 0.3 is 0 Å². The number of hydrogen-bond donors (Lipinski definition) is 2. The highest BCUT2D eigenvalue weighted by molar-refractivity contribution is 6.33. The molecule has 0 saturated heterocycles. The summed E-state index contributed by atoms with van der Waals surface area (Å²) in [6, 6.07) is 12.9. The molecule has 2 nitrogen and oxygen atoms in total. The van der Waals surface area contributed by atoms with E-state index in [1.165, 1.54) is 0 Å². The number of aryl methyl sites for hydroxylation is 1. The molecule has 19 heavy (non-hydrogen) atoms. The van der Waals surface area contributed by atoms with Crippen LogP contribution in [0.5, 0.6) is 0 Å². The Kier molecular flexibility index (Phi) is 4.70. The van der Waals surface area contributed by atoms with E-state index in [0.29, 0.717) is 10.0 Å². The van der Waals surface area contributed by atoms with Gasteiger partial charge in [-0.1, -0.05) is 41.4 Å². The van der Waals surface area contributed by atoms with Crippen LogP contribution in [0.2, 0.25) is 10.0 Å². The third kappa shape index (κ3) is 3.41. The number of halogens is 2. The van der Waals surface area contributed by atoms with Crippen molar-refractivity contribution in [3.63, 3.8) is 0 Å². The summed E-state index contributed by atoms with van der Waals surface area (Å²) in [5, 5.41) is 14.2. The van der Waals surface area contributed by atoms with Gasteiger partial charge in [-0.15, -0.1) is 0 Å². The molecule has 1 atom stereocenters. The van der Waals surface area contributed by atoms with Gasteiger partial charge in [-0.05, 0) is 42.3 Å². The third-order valence-electron chi connectivity index (χ3n) is 2.99. The highest BCUT2D eigenvalue weighted by Gasteiger charge is 2.14. The minimum absolute atomic E-state index is 0.0201. The minimum atomic E-state index is -0.211.